The Morgan fingerprint density at radius 3 is 2.80 bits per heavy atom. The third kappa shape index (κ3) is 2.15. The number of benzene rings is 1. The second kappa shape index (κ2) is 4.39. The highest BCUT2D eigenvalue weighted by Gasteiger charge is 2.24. The lowest BCUT2D eigenvalue weighted by Crippen LogP contribution is -1.96. The number of nitro groups is 1. The van der Waals surface area contributed by atoms with E-state index in [1.165, 1.54) is 6.08 Å². The molecule has 0 heterocycles. The van der Waals surface area contributed by atoms with Crippen LogP contribution >= 0.6 is 15.9 Å². The molecule has 1 rings (SSSR count). The molecule has 1 aromatic rings. The van der Waals surface area contributed by atoms with Gasteiger partial charge in [-0.05, 0) is 28.4 Å². The van der Waals surface area contributed by atoms with Gasteiger partial charge in [-0.25, -0.2) is 4.39 Å². The van der Waals surface area contributed by atoms with Crippen LogP contribution in [0.1, 0.15) is 5.56 Å². The van der Waals surface area contributed by atoms with Crippen molar-refractivity contribution in [1.82, 2.24) is 0 Å². The van der Waals surface area contributed by atoms with E-state index in [0.717, 1.165) is 6.07 Å². The summed E-state index contributed by atoms with van der Waals surface area (Å²) in [6, 6.07) is 1.04. The van der Waals surface area contributed by atoms with Crippen molar-refractivity contribution in [2.24, 2.45) is 0 Å². The van der Waals surface area contributed by atoms with Gasteiger partial charge in [0, 0.05) is 5.56 Å². The molecule has 1 aromatic carbocycles. The highest BCUT2D eigenvalue weighted by atomic mass is 79.9. The first-order valence-corrected chi connectivity index (χ1v) is 4.73. The molecule has 0 atom stereocenters. The lowest BCUT2D eigenvalue weighted by Gasteiger charge is -2.05. The van der Waals surface area contributed by atoms with Crippen LogP contribution in [0, 0.1) is 15.9 Å². The number of phenolic OH excluding ortho intramolecular Hbond substituents is 1. The van der Waals surface area contributed by atoms with E-state index >= 15 is 0 Å². The minimum atomic E-state index is -0.838. The Labute approximate surface area is 93.3 Å². The van der Waals surface area contributed by atoms with Crippen LogP contribution in [0.15, 0.2) is 23.2 Å². The van der Waals surface area contributed by atoms with Gasteiger partial charge >= 0.3 is 5.69 Å². The van der Waals surface area contributed by atoms with Gasteiger partial charge in [-0.2, -0.15) is 0 Å². The summed E-state index contributed by atoms with van der Waals surface area (Å²) in [6.07, 6.45) is 1.59. The van der Waals surface area contributed by atoms with E-state index in [0.29, 0.717) is 0 Å². The van der Waals surface area contributed by atoms with Crippen LogP contribution in [0.4, 0.5) is 10.1 Å². The van der Waals surface area contributed by atoms with Crippen LogP contribution in [0.3, 0.4) is 0 Å². The van der Waals surface area contributed by atoms with E-state index in [-0.39, 0.29) is 16.5 Å². The maximum Gasteiger partial charge on any atom is 0.328 e. The number of rotatable bonds is 3. The zero-order chi connectivity index (χ0) is 11.6. The molecule has 0 bridgehead atoms. The molecule has 0 saturated carbocycles. The maximum absolute atomic E-state index is 13.2. The van der Waals surface area contributed by atoms with Crippen molar-refractivity contribution in [2.45, 2.75) is 6.42 Å². The van der Waals surface area contributed by atoms with Crippen LogP contribution in [0.5, 0.6) is 5.75 Å². The first kappa shape index (κ1) is 11.6. The molecule has 6 heteroatoms. The number of hydrogen-bond acceptors (Lipinski definition) is 3. The Kier molecular flexibility index (Phi) is 3.41. The van der Waals surface area contributed by atoms with Crippen molar-refractivity contribution in [2.75, 3.05) is 0 Å². The smallest absolute Gasteiger partial charge is 0.328 e. The first-order valence-electron chi connectivity index (χ1n) is 3.94. The fraction of sp³-hybridized carbons (Fsp3) is 0.111. The molecular formula is C9H7BrFNO3. The molecule has 0 unspecified atom stereocenters. The summed E-state index contributed by atoms with van der Waals surface area (Å²) in [5.74, 6) is -1.32. The number of aromatic hydroxyl groups is 1. The highest BCUT2D eigenvalue weighted by molar-refractivity contribution is 9.10. The molecule has 0 aliphatic rings. The molecular weight excluding hydrogens is 269 g/mol. The summed E-state index contributed by atoms with van der Waals surface area (Å²) in [4.78, 5) is 9.74. The summed E-state index contributed by atoms with van der Waals surface area (Å²) >= 11 is 2.71. The Balaban J connectivity index is 3.48. The third-order valence-corrected chi connectivity index (χ3v) is 2.55. The van der Waals surface area contributed by atoms with Crippen molar-refractivity contribution in [3.8, 4) is 5.75 Å². The zero-order valence-corrected chi connectivity index (χ0v) is 9.12. The van der Waals surface area contributed by atoms with E-state index in [4.69, 9.17) is 0 Å². The fourth-order valence-corrected chi connectivity index (χ4v) is 1.58. The van der Waals surface area contributed by atoms with Crippen molar-refractivity contribution >= 4 is 21.6 Å². The third-order valence-electron chi connectivity index (χ3n) is 1.79. The summed E-state index contributed by atoms with van der Waals surface area (Å²) in [7, 11) is 0. The molecule has 1 N–H and O–H groups in total. The first-order chi connectivity index (χ1) is 6.99. The minimum Gasteiger partial charge on any atom is -0.502 e. The molecule has 0 saturated heterocycles. The van der Waals surface area contributed by atoms with Crippen LogP contribution in [0.2, 0.25) is 0 Å². The molecule has 0 spiro atoms. The molecule has 0 aliphatic heterocycles. The number of hydrogen-bond donors (Lipinski definition) is 1. The van der Waals surface area contributed by atoms with Gasteiger partial charge in [0.05, 0.1) is 4.92 Å². The zero-order valence-electron chi connectivity index (χ0n) is 7.54. The van der Waals surface area contributed by atoms with Crippen LogP contribution in [-0.4, -0.2) is 10.0 Å². The number of phenols is 1. The minimum absolute atomic E-state index is 0.136. The van der Waals surface area contributed by atoms with Crippen molar-refractivity contribution in [3.63, 3.8) is 0 Å². The van der Waals surface area contributed by atoms with Gasteiger partial charge in [0.2, 0.25) is 0 Å². The van der Waals surface area contributed by atoms with E-state index in [2.05, 4.69) is 22.5 Å². The number of nitrogens with zero attached hydrogens (tertiary/aromatic N) is 1. The summed E-state index contributed by atoms with van der Waals surface area (Å²) in [6.45, 7) is 3.41. The van der Waals surface area contributed by atoms with E-state index < -0.39 is 22.2 Å². The Hall–Kier alpha value is -1.43. The standard InChI is InChI=1S/C9H7BrFNO3/c1-2-3-5-4-6(11)7(10)8(9(5)13)12(14)15/h2,4,13H,1,3H2. The van der Waals surface area contributed by atoms with Gasteiger partial charge < -0.3 is 5.11 Å². The average Bonchev–Trinajstić information content (AvgIpc) is 2.14. The lowest BCUT2D eigenvalue weighted by molar-refractivity contribution is -0.386. The molecule has 15 heavy (non-hydrogen) atoms. The predicted molar refractivity (Wildman–Crippen MR) is 56.3 cm³/mol. The van der Waals surface area contributed by atoms with Gasteiger partial charge in [-0.1, -0.05) is 6.08 Å². The Morgan fingerprint density at radius 1 is 1.73 bits per heavy atom. The molecule has 0 aromatic heterocycles. The van der Waals surface area contributed by atoms with Gasteiger partial charge in [0.15, 0.2) is 5.75 Å². The number of allylic oxidation sites excluding steroid dienone is 1. The second-order valence-electron chi connectivity index (χ2n) is 2.78. The molecule has 80 valence electrons. The van der Waals surface area contributed by atoms with Gasteiger partial charge in [0.25, 0.3) is 0 Å². The SMILES string of the molecule is C=CCc1cc(F)c(Br)c([N+](=O)[O-])c1O. The van der Waals surface area contributed by atoms with E-state index in [1.54, 1.807) is 0 Å². The fourth-order valence-electron chi connectivity index (χ4n) is 1.13. The quantitative estimate of drug-likeness (QED) is 0.524. The summed E-state index contributed by atoms with van der Waals surface area (Å²) < 4.78 is 12.9. The average molecular weight is 276 g/mol. The summed E-state index contributed by atoms with van der Waals surface area (Å²) in [5.41, 5.74) is -0.524. The van der Waals surface area contributed by atoms with Crippen LogP contribution < -0.4 is 0 Å². The monoisotopic (exact) mass is 275 g/mol. The molecule has 0 aliphatic carbocycles. The number of halogens is 2. The molecule has 0 amide bonds. The molecule has 4 nitrogen and oxygen atoms in total. The topological polar surface area (TPSA) is 63.4 Å². The molecule has 0 radical (unpaired) electrons. The van der Waals surface area contributed by atoms with Gasteiger partial charge in [-0.3, -0.25) is 10.1 Å². The van der Waals surface area contributed by atoms with Crippen LogP contribution in [-0.2, 0) is 6.42 Å². The summed E-state index contributed by atoms with van der Waals surface area (Å²) in [5, 5.41) is 20.1. The maximum atomic E-state index is 13.2. The van der Waals surface area contributed by atoms with Crippen molar-refractivity contribution in [1.29, 1.82) is 0 Å². The van der Waals surface area contributed by atoms with Crippen molar-refractivity contribution in [3.05, 3.63) is 44.7 Å². The number of nitro benzene ring substituents is 1. The van der Waals surface area contributed by atoms with Crippen molar-refractivity contribution < 1.29 is 14.4 Å². The van der Waals surface area contributed by atoms with Crippen LogP contribution in [0.25, 0.3) is 0 Å². The highest BCUT2D eigenvalue weighted by Crippen LogP contribution is 2.38. The van der Waals surface area contributed by atoms with E-state index in [9.17, 15) is 19.6 Å². The largest absolute Gasteiger partial charge is 0.502 e. The lowest BCUT2D eigenvalue weighted by atomic mass is 10.1. The second-order valence-corrected chi connectivity index (χ2v) is 3.57. The van der Waals surface area contributed by atoms with E-state index in [1.807, 2.05) is 0 Å². The molecule has 0 fully saturated rings. The normalized spacial score (nSPS) is 10.0. The predicted octanol–water partition coefficient (Wildman–Crippen LogP) is 2.93. The van der Waals surface area contributed by atoms with Gasteiger partial charge in [0.1, 0.15) is 10.3 Å². The Morgan fingerprint density at radius 2 is 2.33 bits per heavy atom. The Bertz CT molecular complexity index is 434. The van der Waals surface area contributed by atoms with Gasteiger partial charge in [-0.15, -0.1) is 6.58 Å².